The standard InChI is InChI=1S/C13H21NO2/c1-9-5-12(7-14)6-10(2)13(9)16-11(3)8-15-4/h5-6,11H,7-8,14H2,1-4H3. The lowest BCUT2D eigenvalue weighted by Crippen LogP contribution is -2.19. The van der Waals surface area contributed by atoms with Crippen LogP contribution in [0.25, 0.3) is 0 Å². The number of benzene rings is 1. The molecule has 0 radical (unpaired) electrons. The molecular formula is C13H21NO2. The maximum absolute atomic E-state index is 5.85. The lowest BCUT2D eigenvalue weighted by molar-refractivity contribution is 0.0911. The second-order valence-corrected chi connectivity index (χ2v) is 4.15. The van der Waals surface area contributed by atoms with Crippen LogP contribution in [0.5, 0.6) is 5.75 Å². The van der Waals surface area contributed by atoms with Crippen molar-refractivity contribution in [1.82, 2.24) is 0 Å². The third-order valence-corrected chi connectivity index (χ3v) is 2.48. The smallest absolute Gasteiger partial charge is 0.125 e. The van der Waals surface area contributed by atoms with Crippen molar-refractivity contribution < 1.29 is 9.47 Å². The van der Waals surface area contributed by atoms with Crippen molar-refractivity contribution in [2.24, 2.45) is 5.73 Å². The van der Waals surface area contributed by atoms with E-state index in [1.807, 2.05) is 20.8 Å². The average molecular weight is 223 g/mol. The number of hydrogen-bond donors (Lipinski definition) is 1. The summed E-state index contributed by atoms with van der Waals surface area (Å²) in [5, 5.41) is 0. The van der Waals surface area contributed by atoms with Gasteiger partial charge < -0.3 is 15.2 Å². The number of aryl methyl sites for hydroxylation is 2. The van der Waals surface area contributed by atoms with E-state index in [1.54, 1.807) is 7.11 Å². The third-order valence-electron chi connectivity index (χ3n) is 2.48. The summed E-state index contributed by atoms with van der Waals surface area (Å²) in [6, 6.07) is 4.14. The fourth-order valence-corrected chi connectivity index (χ4v) is 1.81. The van der Waals surface area contributed by atoms with Crippen LogP contribution in [0, 0.1) is 13.8 Å². The average Bonchev–Trinajstić information content (AvgIpc) is 2.23. The van der Waals surface area contributed by atoms with Crippen molar-refractivity contribution in [1.29, 1.82) is 0 Å². The largest absolute Gasteiger partial charge is 0.488 e. The van der Waals surface area contributed by atoms with Crippen molar-refractivity contribution in [3.05, 3.63) is 28.8 Å². The first-order valence-corrected chi connectivity index (χ1v) is 5.54. The Labute approximate surface area is 97.6 Å². The van der Waals surface area contributed by atoms with Crippen LogP contribution in [0.2, 0.25) is 0 Å². The molecule has 0 fully saturated rings. The van der Waals surface area contributed by atoms with Crippen LogP contribution >= 0.6 is 0 Å². The first-order valence-electron chi connectivity index (χ1n) is 5.54. The zero-order valence-corrected chi connectivity index (χ0v) is 10.5. The molecule has 0 bridgehead atoms. The van der Waals surface area contributed by atoms with Gasteiger partial charge in [-0.25, -0.2) is 0 Å². The van der Waals surface area contributed by atoms with E-state index in [9.17, 15) is 0 Å². The molecule has 0 aliphatic carbocycles. The Kier molecular flexibility index (Phi) is 4.77. The minimum Gasteiger partial charge on any atom is -0.488 e. The van der Waals surface area contributed by atoms with E-state index in [4.69, 9.17) is 15.2 Å². The van der Waals surface area contributed by atoms with Crippen molar-refractivity contribution >= 4 is 0 Å². The fraction of sp³-hybridized carbons (Fsp3) is 0.538. The molecular weight excluding hydrogens is 202 g/mol. The summed E-state index contributed by atoms with van der Waals surface area (Å²) in [5.41, 5.74) is 9.02. The van der Waals surface area contributed by atoms with Gasteiger partial charge in [-0.05, 0) is 37.5 Å². The van der Waals surface area contributed by atoms with Crippen molar-refractivity contribution in [2.45, 2.75) is 33.4 Å². The van der Waals surface area contributed by atoms with Crippen LogP contribution in [-0.2, 0) is 11.3 Å². The van der Waals surface area contributed by atoms with Crippen LogP contribution in [0.4, 0.5) is 0 Å². The summed E-state index contributed by atoms with van der Waals surface area (Å²) in [4.78, 5) is 0. The van der Waals surface area contributed by atoms with Gasteiger partial charge in [0, 0.05) is 13.7 Å². The summed E-state index contributed by atoms with van der Waals surface area (Å²) in [6.45, 7) is 7.24. The molecule has 0 aliphatic rings. The molecule has 0 heterocycles. The molecule has 0 aliphatic heterocycles. The van der Waals surface area contributed by atoms with Crippen molar-refractivity contribution in [3.8, 4) is 5.75 Å². The summed E-state index contributed by atoms with van der Waals surface area (Å²) in [5.74, 6) is 0.946. The molecule has 2 N–H and O–H groups in total. The topological polar surface area (TPSA) is 44.5 Å². The van der Waals surface area contributed by atoms with Gasteiger partial charge in [0.2, 0.25) is 0 Å². The van der Waals surface area contributed by atoms with E-state index in [0.29, 0.717) is 13.2 Å². The number of ether oxygens (including phenoxy) is 2. The monoisotopic (exact) mass is 223 g/mol. The molecule has 1 rings (SSSR count). The molecule has 1 atom stereocenters. The number of hydrogen-bond acceptors (Lipinski definition) is 3. The Bertz CT molecular complexity index is 327. The zero-order chi connectivity index (χ0) is 12.1. The maximum Gasteiger partial charge on any atom is 0.125 e. The molecule has 90 valence electrons. The Morgan fingerprint density at radius 1 is 1.25 bits per heavy atom. The first-order chi connectivity index (χ1) is 7.58. The Balaban J connectivity index is 2.87. The van der Waals surface area contributed by atoms with Crippen LogP contribution < -0.4 is 10.5 Å². The van der Waals surface area contributed by atoms with E-state index < -0.39 is 0 Å². The van der Waals surface area contributed by atoms with E-state index in [1.165, 1.54) is 0 Å². The van der Waals surface area contributed by atoms with E-state index in [-0.39, 0.29) is 6.10 Å². The van der Waals surface area contributed by atoms with Crippen molar-refractivity contribution in [3.63, 3.8) is 0 Å². The highest BCUT2D eigenvalue weighted by atomic mass is 16.5. The summed E-state index contributed by atoms with van der Waals surface area (Å²) in [6.07, 6.45) is 0.0612. The summed E-state index contributed by atoms with van der Waals surface area (Å²) in [7, 11) is 1.68. The van der Waals surface area contributed by atoms with Crippen molar-refractivity contribution in [2.75, 3.05) is 13.7 Å². The van der Waals surface area contributed by atoms with Gasteiger partial charge in [-0.15, -0.1) is 0 Å². The molecule has 1 aromatic carbocycles. The SMILES string of the molecule is COCC(C)Oc1c(C)cc(CN)cc1C. The second-order valence-electron chi connectivity index (χ2n) is 4.15. The Morgan fingerprint density at radius 2 is 1.81 bits per heavy atom. The highest BCUT2D eigenvalue weighted by Crippen LogP contribution is 2.25. The van der Waals surface area contributed by atoms with E-state index in [2.05, 4.69) is 12.1 Å². The minimum atomic E-state index is 0.0612. The lowest BCUT2D eigenvalue weighted by Gasteiger charge is -2.18. The van der Waals surface area contributed by atoms with Gasteiger partial charge in [0.1, 0.15) is 11.9 Å². The zero-order valence-electron chi connectivity index (χ0n) is 10.5. The van der Waals surface area contributed by atoms with Gasteiger partial charge in [-0.2, -0.15) is 0 Å². The van der Waals surface area contributed by atoms with Crippen LogP contribution in [0.1, 0.15) is 23.6 Å². The minimum absolute atomic E-state index is 0.0612. The summed E-state index contributed by atoms with van der Waals surface area (Å²) >= 11 is 0. The van der Waals surface area contributed by atoms with Gasteiger partial charge in [-0.3, -0.25) is 0 Å². The Morgan fingerprint density at radius 3 is 2.25 bits per heavy atom. The number of nitrogens with two attached hydrogens (primary N) is 1. The fourth-order valence-electron chi connectivity index (χ4n) is 1.81. The van der Waals surface area contributed by atoms with Gasteiger partial charge in [0.25, 0.3) is 0 Å². The highest BCUT2D eigenvalue weighted by molar-refractivity contribution is 5.43. The lowest BCUT2D eigenvalue weighted by atomic mass is 10.1. The normalized spacial score (nSPS) is 12.6. The summed E-state index contributed by atoms with van der Waals surface area (Å²) < 4.78 is 10.9. The molecule has 0 saturated carbocycles. The Hall–Kier alpha value is -1.06. The molecule has 0 saturated heterocycles. The van der Waals surface area contributed by atoms with Crippen LogP contribution in [0.3, 0.4) is 0 Å². The molecule has 1 aromatic rings. The number of methoxy groups -OCH3 is 1. The molecule has 0 aromatic heterocycles. The van der Waals surface area contributed by atoms with Gasteiger partial charge in [-0.1, -0.05) is 12.1 Å². The first kappa shape index (κ1) is 13.0. The molecule has 0 amide bonds. The van der Waals surface area contributed by atoms with Gasteiger partial charge in [0.05, 0.1) is 6.61 Å². The molecule has 3 nitrogen and oxygen atoms in total. The van der Waals surface area contributed by atoms with Crippen LogP contribution in [0.15, 0.2) is 12.1 Å². The maximum atomic E-state index is 5.85. The van der Waals surface area contributed by atoms with Gasteiger partial charge >= 0.3 is 0 Å². The predicted octanol–water partition coefficient (Wildman–Crippen LogP) is 2.18. The predicted molar refractivity (Wildman–Crippen MR) is 65.8 cm³/mol. The molecule has 0 spiro atoms. The molecule has 3 heteroatoms. The highest BCUT2D eigenvalue weighted by Gasteiger charge is 2.09. The molecule has 16 heavy (non-hydrogen) atoms. The van der Waals surface area contributed by atoms with E-state index in [0.717, 1.165) is 22.4 Å². The quantitative estimate of drug-likeness (QED) is 0.832. The third kappa shape index (κ3) is 3.22. The number of rotatable bonds is 5. The van der Waals surface area contributed by atoms with E-state index >= 15 is 0 Å². The second kappa shape index (κ2) is 5.87. The molecule has 1 unspecified atom stereocenters. The van der Waals surface area contributed by atoms with Crippen LogP contribution in [-0.4, -0.2) is 19.8 Å². The van der Waals surface area contributed by atoms with Gasteiger partial charge in [0.15, 0.2) is 0 Å².